The number of hydrogen-bond acceptors (Lipinski definition) is 6. The van der Waals surface area contributed by atoms with Gasteiger partial charge in [-0.05, 0) is 41.2 Å². The first-order valence-corrected chi connectivity index (χ1v) is 11.9. The zero-order chi connectivity index (χ0) is 24.0. The fraction of sp³-hybridized carbons (Fsp3) is 0.308. The molecule has 2 heterocycles. The number of rotatable bonds is 7. The number of aromatic nitrogens is 5. The molecule has 0 radical (unpaired) electrons. The van der Waals surface area contributed by atoms with Crippen molar-refractivity contribution in [2.45, 2.75) is 38.6 Å². The third kappa shape index (κ3) is 5.18. The van der Waals surface area contributed by atoms with E-state index in [0.29, 0.717) is 24.6 Å². The lowest BCUT2D eigenvalue weighted by molar-refractivity contribution is 0.0939. The second-order valence-electron chi connectivity index (χ2n) is 8.84. The van der Waals surface area contributed by atoms with Crippen LogP contribution < -0.4 is 10.6 Å². The van der Waals surface area contributed by atoms with Gasteiger partial charge >= 0.3 is 0 Å². The van der Waals surface area contributed by atoms with Crippen LogP contribution in [0.2, 0.25) is 0 Å². The van der Waals surface area contributed by atoms with Gasteiger partial charge < -0.3 is 10.6 Å². The molecule has 0 spiro atoms. The molecule has 1 saturated carbocycles. The Labute approximate surface area is 203 Å². The molecule has 0 unspecified atom stereocenters. The molecule has 35 heavy (non-hydrogen) atoms. The van der Waals surface area contributed by atoms with Gasteiger partial charge in [-0.15, -0.1) is 5.10 Å². The number of carbonyl (C=O) groups excluding carboxylic acids is 2. The molecular formula is C26H27N7O2. The van der Waals surface area contributed by atoms with E-state index in [2.05, 4.69) is 30.9 Å². The van der Waals surface area contributed by atoms with Crippen LogP contribution in [0.15, 0.2) is 61.2 Å². The van der Waals surface area contributed by atoms with E-state index in [4.69, 9.17) is 0 Å². The minimum absolute atomic E-state index is 0.115. The van der Waals surface area contributed by atoms with E-state index < -0.39 is 0 Å². The van der Waals surface area contributed by atoms with Gasteiger partial charge in [-0.3, -0.25) is 9.59 Å². The molecule has 0 saturated heterocycles. The van der Waals surface area contributed by atoms with E-state index in [9.17, 15) is 9.59 Å². The first-order valence-electron chi connectivity index (χ1n) is 11.9. The highest BCUT2D eigenvalue weighted by molar-refractivity contribution is 6.14. The molecule has 1 aliphatic rings. The molecule has 5 rings (SSSR count). The summed E-state index contributed by atoms with van der Waals surface area (Å²) in [6, 6.07) is 11.4. The molecule has 9 nitrogen and oxygen atoms in total. The average Bonchev–Trinajstić information content (AvgIpc) is 3.41. The summed E-state index contributed by atoms with van der Waals surface area (Å²) in [4.78, 5) is 34.6. The Morgan fingerprint density at radius 1 is 0.914 bits per heavy atom. The molecule has 2 N–H and O–H groups in total. The molecule has 1 fully saturated rings. The van der Waals surface area contributed by atoms with E-state index in [1.54, 1.807) is 23.1 Å². The van der Waals surface area contributed by atoms with Crippen LogP contribution in [-0.4, -0.2) is 43.3 Å². The zero-order valence-electron chi connectivity index (χ0n) is 19.4. The van der Waals surface area contributed by atoms with Crippen LogP contribution in [0.3, 0.4) is 0 Å². The number of fused-ring (bicyclic) bond motifs is 1. The van der Waals surface area contributed by atoms with Gasteiger partial charge in [0.15, 0.2) is 11.5 Å². The summed E-state index contributed by atoms with van der Waals surface area (Å²) in [5.41, 5.74) is 1.62. The Bertz CT molecular complexity index is 1330. The number of hydrogen-bond donors (Lipinski definition) is 2. The Morgan fingerprint density at radius 2 is 1.71 bits per heavy atom. The summed E-state index contributed by atoms with van der Waals surface area (Å²) >= 11 is 0. The van der Waals surface area contributed by atoms with E-state index in [1.165, 1.54) is 31.7 Å². The average molecular weight is 470 g/mol. The summed E-state index contributed by atoms with van der Waals surface area (Å²) in [7, 11) is 0. The zero-order valence-corrected chi connectivity index (χ0v) is 19.4. The van der Waals surface area contributed by atoms with Crippen molar-refractivity contribution in [3.05, 3.63) is 78.0 Å². The first-order chi connectivity index (χ1) is 17.2. The highest BCUT2D eigenvalue weighted by Gasteiger charge is 2.20. The van der Waals surface area contributed by atoms with Gasteiger partial charge in [0.05, 0.1) is 12.7 Å². The Balaban J connectivity index is 1.35. The van der Waals surface area contributed by atoms with Crippen molar-refractivity contribution in [3.63, 3.8) is 0 Å². The summed E-state index contributed by atoms with van der Waals surface area (Å²) in [5.74, 6) is -0.0402. The van der Waals surface area contributed by atoms with Gasteiger partial charge in [0, 0.05) is 30.7 Å². The highest BCUT2D eigenvalue weighted by Crippen LogP contribution is 2.25. The van der Waals surface area contributed by atoms with Crippen molar-refractivity contribution in [2.24, 2.45) is 5.92 Å². The molecule has 178 valence electrons. The van der Waals surface area contributed by atoms with Crippen molar-refractivity contribution in [1.82, 2.24) is 30.3 Å². The van der Waals surface area contributed by atoms with Crippen LogP contribution in [0, 0.1) is 5.92 Å². The molecule has 4 aromatic rings. The molecule has 0 atom stereocenters. The predicted octanol–water partition coefficient (Wildman–Crippen LogP) is 3.83. The minimum atomic E-state index is -0.352. The highest BCUT2D eigenvalue weighted by atomic mass is 16.2. The lowest BCUT2D eigenvalue weighted by Crippen LogP contribution is -2.32. The van der Waals surface area contributed by atoms with Crippen molar-refractivity contribution in [1.29, 1.82) is 0 Å². The summed E-state index contributed by atoms with van der Waals surface area (Å²) < 4.78 is 1.74. The van der Waals surface area contributed by atoms with Crippen LogP contribution in [0.1, 0.15) is 58.5 Å². The summed E-state index contributed by atoms with van der Waals surface area (Å²) in [6.45, 7) is 1.15. The first kappa shape index (κ1) is 22.6. The van der Waals surface area contributed by atoms with Crippen molar-refractivity contribution in [2.75, 3.05) is 11.9 Å². The third-order valence-electron chi connectivity index (χ3n) is 6.48. The maximum absolute atomic E-state index is 13.3. The molecule has 1 aliphatic carbocycles. The van der Waals surface area contributed by atoms with Gasteiger partial charge in [-0.25, -0.2) is 14.6 Å². The molecule has 2 amide bonds. The van der Waals surface area contributed by atoms with Gasteiger partial charge in [0.1, 0.15) is 0 Å². The molecule has 2 aromatic heterocycles. The molecular weight excluding hydrogens is 442 g/mol. The third-order valence-corrected chi connectivity index (χ3v) is 6.48. The van der Waals surface area contributed by atoms with E-state index in [1.807, 2.05) is 30.3 Å². The van der Waals surface area contributed by atoms with E-state index in [-0.39, 0.29) is 23.3 Å². The molecule has 2 aromatic carbocycles. The van der Waals surface area contributed by atoms with Crippen LogP contribution in [-0.2, 0) is 6.54 Å². The smallest absolute Gasteiger partial charge is 0.273 e. The van der Waals surface area contributed by atoms with E-state index >= 15 is 0 Å². The van der Waals surface area contributed by atoms with Crippen LogP contribution in [0.4, 0.5) is 5.82 Å². The second kappa shape index (κ2) is 10.4. The predicted molar refractivity (Wildman–Crippen MR) is 132 cm³/mol. The minimum Gasteiger partial charge on any atom is -0.350 e. The normalized spacial score (nSPS) is 14.1. The number of nitrogens with zero attached hydrogens (tertiary/aromatic N) is 5. The number of amides is 2. The largest absolute Gasteiger partial charge is 0.350 e. The number of carbonyl (C=O) groups is 2. The SMILES string of the molecule is O=C(NCC1CCCCC1)c1nccnc1NC(=O)c1ccc(Cn2ccnn2)c2ccccc12. The topological polar surface area (TPSA) is 115 Å². The summed E-state index contributed by atoms with van der Waals surface area (Å²) in [5, 5.41) is 15.4. The standard InChI is InChI=1S/C26H27N7O2/c34-25(22-11-10-19(17-33-15-14-30-32-33)20-8-4-5-9-21(20)22)31-24-23(27-12-13-28-24)26(35)29-16-18-6-2-1-3-7-18/h4-5,8-15,18H,1-3,6-7,16-17H2,(H,29,35)(H,28,31,34). The van der Waals surface area contributed by atoms with Gasteiger partial charge in [-0.1, -0.05) is 54.8 Å². The van der Waals surface area contributed by atoms with Crippen LogP contribution >= 0.6 is 0 Å². The van der Waals surface area contributed by atoms with Crippen molar-refractivity contribution >= 4 is 28.4 Å². The second-order valence-corrected chi connectivity index (χ2v) is 8.84. The van der Waals surface area contributed by atoms with Crippen molar-refractivity contribution < 1.29 is 9.59 Å². The summed E-state index contributed by atoms with van der Waals surface area (Å²) in [6.07, 6.45) is 12.3. The molecule has 0 aliphatic heterocycles. The Kier molecular flexibility index (Phi) is 6.74. The lowest BCUT2D eigenvalue weighted by Gasteiger charge is -2.21. The number of benzene rings is 2. The monoisotopic (exact) mass is 469 g/mol. The maximum Gasteiger partial charge on any atom is 0.273 e. The maximum atomic E-state index is 13.3. The van der Waals surface area contributed by atoms with E-state index in [0.717, 1.165) is 29.2 Å². The lowest BCUT2D eigenvalue weighted by atomic mass is 9.89. The Hall–Kier alpha value is -4.14. The fourth-order valence-corrected chi connectivity index (χ4v) is 4.67. The van der Waals surface area contributed by atoms with Gasteiger partial charge in [0.2, 0.25) is 0 Å². The molecule has 0 bridgehead atoms. The van der Waals surface area contributed by atoms with Gasteiger partial charge in [-0.2, -0.15) is 0 Å². The van der Waals surface area contributed by atoms with Crippen LogP contribution in [0.25, 0.3) is 10.8 Å². The quantitative estimate of drug-likeness (QED) is 0.425. The number of nitrogens with one attached hydrogen (secondary N) is 2. The fourth-order valence-electron chi connectivity index (χ4n) is 4.67. The van der Waals surface area contributed by atoms with Crippen LogP contribution in [0.5, 0.6) is 0 Å². The Morgan fingerprint density at radius 3 is 2.51 bits per heavy atom. The van der Waals surface area contributed by atoms with Gasteiger partial charge in [0.25, 0.3) is 11.8 Å². The number of anilines is 1. The molecule has 9 heteroatoms. The van der Waals surface area contributed by atoms with Crippen molar-refractivity contribution in [3.8, 4) is 0 Å².